The summed E-state index contributed by atoms with van der Waals surface area (Å²) in [5, 5.41) is 15.4. The molecule has 3 amide bonds. The van der Waals surface area contributed by atoms with Crippen molar-refractivity contribution in [3.63, 3.8) is 0 Å². The van der Waals surface area contributed by atoms with Gasteiger partial charge in [-0.05, 0) is 79.0 Å². The molecule has 1 fully saturated rings. The fraction of sp³-hybridized carbons (Fsp3) is 0.500. The number of nitrogens with one attached hydrogen (secondary N) is 2. The van der Waals surface area contributed by atoms with Crippen LogP contribution < -0.4 is 21.1 Å². The van der Waals surface area contributed by atoms with Gasteiger partial charge in [0, 0.05) is 13.3 Å². The van der Waals surface area contributed by atoms with Crippen LogP contribution in [0.4, 0.5) is 0 Å². The third-order valence-corrected chi connectivity index (χ3v) is 7.66. The highest BCUT2D eigenvalue weighted by atomic mass is 16.5. The standard InChI is InChI=1S/C30H39N3O5/c1-19(34)32-27(15-20-11-13-23(35)14-12-20)30(37)33-26-10-6-5-9-22-16-28(25(29(31)36)17-24(22)26)38-18-21-7-3-2-4-8-21/h11-14,16-17,21,26-27,35H,2-10,15,18H2,1H3,(H2,31,36)(H,32,34)(H,33,37)/t26?,27-/m0/s1. The summed E-state index contributed by atoms with van der Waals surface area (Å²) in [7, 11) is 0. The second-order valence-corrected chi connectivity index (χ2v) is 10.7. The molecule has 2 aliphatic carbocycles. The Labute approximate surface area is 224 Å². The van der Waals surface area contributed by atoms with Gasteiger partial charge in [0.25, 0.3) is 5.91 Å². The van der Waals surface area contributed by atoms with Crippen molar-refractivity contribution in [2.45, 2.75) is 83.2 Å². The normalized spacial score (nSPS) is 18.5. The van der Waals surface area contributed by atoms with Gasteiger partial charge in [-0.15, -0.1) is 0 Å². The summed E-state index contributed by atoms with van der Waals surface area (Å²) in [6, 6.07) is 9.19. The Hall–Kier alpha value is -3.55. The zero-order chi connectivity index (χ0) is 27.1. The van der Waals surface area contributed by atoms with Gasteiger partial charge in [0.1, 0.15) is 17.5 Å². The van der Waals surface area contributed by atoms with Crippen LogP contribution in [0.15, 0.2) is 36.4 Å². The monoisotopic (exact) mass is 521 g/mol. The van der Waals surface area contributed by atoms with Crippen molar-refractivity contribution < 1.29 is 24.2 Å². The molecule has 0 radical (unpaired) electrons. The predicted octanol–water partition coefficient (Wildman–Crippen LogP) is 4.08. The largest absolute Gasteiger partial charge is 0.508 e. The van der Waals surface area contributed by atoms with Crippen molar-refractivity contribution in [1.82, 2.24) is 10.6 Å². The molecule has 5 N–H and O–H groups in total. The van der Waals surface area contributed by atoms with E-state index in [0.29, 0.717) is 30.3 Å². The number of phenols is 1. The average Bonchev–Trinajstić information content (AvgIpc) is 3.09. The molecule has 0 aliphatic heterocycles. The van der Waals surface area contributed by atoms with E-state index in [2.05, 4.69) is 10.6 Å². The molecule has 2 aromatic carbocycles. The summed E-state index contributed by atoms with van der Waals surface area (Å²) in [4.78, 5) is 37.7. The molecule has 2 aromatic rings. The van der Waals surface area contributed by atoms with Gasteiger partial charge in [-0.3, -0.25) is 14.4 Å². The van der Waals surface area contributed by atoms with Crippen LogP contribution in [0, 0.1) is 5.92 Å². The lowest BCUT2D eigenvalue weighted by molar-refractivity contribution is -0.128. The third-order valence-electron chi connectivity index (χ3n) is 7.66. The van der Waals surface area contributed by atoms with E-state index in [-0.39, 0.29) is 30.0 Å². The topological polar surface area (TPSA) is 131 Å². The van der Waals surface area contributed by atoms with Gasteiger partial charge in [-0.1, -0.05) is 37.8 Å². The van der Waals surface area contributed by atoms with E-state index in [4.69, 9.17) is 10.5 Å². The van der Waals surface area contributed by atoms with Gasteiger partial charge in [-0.2, -0.15) is 0 Å². The van der Waals surface area contributed by atoms with Crippen LogP contribution in [0.2, 0.25) is 0 Å². The summed E-state index contributed by atoms with van der Waals surface area (Å²) in [6.07, 6.45) is 9.68. The number of nitrogens with two attached hydrogens (primary N) is 1. The molecule has 0 bridgehead atoms. The first-order chi connectivity index (χ1) is 18.3. The van der Waals surface area contributed by atoms with E-state index in [0.717, 1.165) is 48.8 Å². The van der Waals surface area contributed by atoms with Crippen molar-refractivity contribution in [3.05, 3.63) is 58.7 Å². The number of phenolic OH excluding ortho intramolecular Hbond substituents is 1. The molecule has 1 unspecified atom stereocenters. The van der Waals surface area contributed by atoms with Crippen molar-refractivity contribution in [3.8, 4) is 11.5 Å². The SMILES string of the molecule is CC(=O)N[C@@H](Cc1ccc(O)cc1)C(=O)NC1CCCCc2cc(OCC3CCCCC3)c(C(N)=O)cc21. The highest BCUT2D eigenvalue weighted by Crippen LogP contribution is 2.35. The maximum Gasteiger partial charge on any atom is 0.252 e. The Morgan fingerprint density at radius 1 is 1.03 bits per heavy atom. The molecule has 0 saturated heterocycles. The summed E-state index contributed by atoms with van der Waals surface area (Å²) < 4.78 is 6.16. The van der Waals surface area contributed by atoms with Crippen molar-refractivity contribution in [1.29, 1.82) is 0 Å². The van der Waals surface area contributed by atoms with E-state index in [1.54, 1.807) is 30.3 Å². The van der Waals surface area contributed by atoms with Gasteiger partial charge < -0.3 is 26.2 Å². The molecule has 38 heavy (non-hydrogen) atoms. The number of aryl methyl sites for hydroxylation is 1. The van der Waals surface area contributed by atoms with Gasteiger partial charge in [0.15, 0.2) is 0 Å². The second-order valence-electron chi connectivity index (χ2n) is 10.7. The molecule has 1 saturated carbocycles. The van der Waals surface area contributed by atoms with Crippen LogP contribution in [0.3, 0.4) is 0 Å². The maximum atomic E-state index is 13.4. The lowest BCUT2D eigenvalue weighted by atomic mass is 9.90. The number of amides is 3. The van der Waals surface area contributed by atoms with Crippen LogP contribution in [0.25, 0.3) is 0 Å². The number of fused-ring (bicyclic) bond motifs is 1. The van der Waals surface area contributed by atoms with Gasteiger partial charge >= 0.3 is 0 Å². The van der Waals surface area contributed by atoms with Crippen molar-refractivity contribution in [2.75, 3.05) is 6.61 Å². The number of ether oxygens (including phenoxy) is 1. The molecule has 0 spiro atoms. The fourth-order valence-corrected chi connectivity index (χ4v) is 5.62. The Balaban J connectivity index is 1.54. The quantitative estimate of drug-likeness (QED) is 0.369. The Bertz CT molecular complexity index is 1140. The summed E-state index contributed by atoms with van der Waals surface area (Å²) >= 11 is 0. The van der Waals surface area contributed by atoms with Crippen LogP contribution in [-0.2, 0) is 22.4 Å². The molecule has 2 atom stereocenters. The zero-order valence-electron chi connectivity index (χ0n) is 22.1. The van der Waals surface area contributed by atoms with Crippen LogP contribution in [0.5, 0.6) is 11.5 Å². The molecule has 8 nitrogen and oxygen atoms in total. The average molecular weight is 522 g/mol. The molecular formula is C30H39N3O5. The Kier molecular flexibility index (Phi) is 9.26. The minimum atomic E-state index is -0.780. The number of rotatable bonds is 9. The number of aromatic hydroxyl groups is 1. The highest BCUT2D eigenvalue weighted by molar-refractivity contribution is 5.96. The lowest BCUT2D eigenvalue weighted by Gasteiger charge is -2.26. The summed E-state index contributed by atoms with van der Waals surface area (Å²) in [6.45, 7) is 1.96. The lowest BCUT2D eigenvalue weighted by Crippen LogP contribution is -2.48. The maximum absolute atomic E-state index is 13.4. The van der Waals surface area contributed by atoms with E-state index < -0.39 is 11.9 Å². The van der Waals surface area contributed by atoms with E-state index in [9.17, 15) is 19.5 Å². The number of benzene rings is 2. The van der Waals surface area contributed by atoms with Gasteiger partial charge in [-0.25, -0.2) is 0 Å². The van der Waals surface area contributed by atoms with E-state index in [1.165, 1.54) is 26.2 Å². The second kappa shape index (κ2) is 12.8. The highest BCUT2D eigenvalue weighted by Gasteiger charge is 2.28. The number of hydrogen-bond acceptors (Lipinski definition) is 5. The van der Waals surface area contributed by atoms with Gasteiger partial charge in [0.05, 0.1) is 18.2 Å². The Morgan fingerprint density at radius 2 is 1.74 bits per heavy atom. The minimum absolute atomic E-state index is 0.136. The fourth-order valence-electron chi connectivity index (χ4n) is 5.62. The molecule has 0 aromatic heterocycles. The molecule has 8 heteroatoms. The number of hydrogen-bond donors (Lipinski definition) is 4. The third kappa shape index (κ3) is 7.27. The van der Waals surface area contributed by atoms with E-state index in [1.807, 2.05) is 6.07 Å². The molecule has 2 aliphatic rings. The molecule has 204 valence electrons. The number of primary amides is 1. The summed E-state index contributed by atoms with van der Waals surface area (Å²) in [5.41, 5.74) is 8.84. The molecular weight excluding hydrogens is 482 g/mol. The summed E-state index contributed by atoms with van der Waals surface area (Å²) in [5.74, 6) is -0.00175. The molecule has 4 rings (SSSR count). The number of carbonyl (C=O) groups excluding carboxylic acids is 3. The van der Waals surface area contributed by atoms with Gasteiger partial charge in [0.2, 0.25) is 11.8 Å². The van der Waals surface area contributed by atoms with Crippen LogP contribution in [0.1, 0.15) is 91.4 Å². The first kappa shape index (κ1) is 27.5. The van der Waals surface area contributed by atoms with Crippen molar-refractivity contribution in [2.24, 2.45) is 11.7 Å². The van der Waals surface area contributed by atoms with Crippen molar-refractivity contribution >= 4 is 17.7 Å². The Morgan fingerprint density at radius 3 is 2.42 bits per heavy atom. The number of carbonyl (C=O) groups is 3. The van der Waals surface area contributed by atoms with E-state index >= 15 is 0 Å². The zero-order valence-corrected chi connectivity index (χ0v) is 22.1. The first-order valence-electron chi connectivity index (χ1n) is 13.7. The predicted molar refractivity (Wildman–Crippen MR) is 145 cm³/mol. The van der Waals surface area contributed by atoms with Crippen LogP contribution in [-0.4, -0.2) is 35.5 Å². The van der Waals surface area contributed by atoms with Crippen LogP contribution >= 0.6 is 0 Å². The first-order valence-corrected chi connectivity index (χ1v) is 13.7. The minimum Gasteiger partial charge on any atom is -0.508 e. The molecule has 0 heterocycles. The smallest absolute Gasteiger partial charge is 0.252 e.